The predicted molar refractivity (Wildman–Crippen MR) is 69.4 cm³/mol. The zero-order valence-electron chi connectivity index (χ0n) is 9.21. The molecule has 2 aromatic carbocycles. The molecular weight excluding hydrogens is 283 g/mol. The van der Waals surface area contributed by atoms with Gasteiger partial charge < -0.3 is 5.11 Å². The summed E-state index contributed by atoms with van der Waals surface area (Å²) in [5.74, 6) is -0.286. The molecule has 88 valence electrons. The third kappa shape index (κ3) is 1.60. The van der Waals surface area contributed by atoms with Gasteiger partial charge in [0.25, 0.3) is 0 Å². The van der Waals surface area contributed by atoms with E-state index < -0.39 is 5.60 Å². The van der Waals surface area contributed by atoms with E-state index in [9.17, 15) is 9.50 Å². The molecule has 2 aromatic rings. The minimum Gasteiger partial charge on any atom is -0.385 e. The molecule has 0 bridgehead atoms. The molecule has 0 aromatic heterocycles. The van der Waals surface area contributed by atoms with Crippen LogP contribution in [-0.2, 0) is 5.60 Å². The fourth-order valence-corrected chi connectivity index (χ4v) is 2.99. The average molecular weight is 295 g/mol. The summed E-state index contributed by atoms with van der Waals surface area (Å²) in [6.45, 7) is 0. The van der Waals surface area contributed by atoms with Crippen LogP contribution in [0.1, 0.15) is 24.8 Å². The molecule has 0 radical (unpaired) electrons. The molecule has 1 N–H and O–H groups in total. The van der Waals surface area contributed by atoms with E-state index in [1.54, 1.807) is 12.1 Å². The summed E-state index contributed by atoms with van der Waals surface area (Å²) in [4.78, 5) is 0. The van der Waals surface area contributed by atoms with Crippen LogP contribution in [0.25, 0.3) is 10.8 Å². The lowest BCUT2D eigenvalue weighted by Crippen LogP contribution is -2.34. The Balaban J connectivity index is 2.30. The zero-order valence-corrected chi connectivity index (χ0v) is 10.8. The zero-order chi connectivity index (χ0) is 12.0. The molecule has 1 aliphatic rings. The van der Waals surface area contributed by atoms with Gasteiger partial charge in [0, 0.05) is 15.4 Å². The van der Waals surface area contributed by atoms with Crippen molar-refractivity contribution >= 4 is 26.7 Å². The lowest BCUT2D eigenvalue weighted by atomic mass is 9.74. The van der Waals surface area contributed by atoms with Crippen molar-refractivity contribution in [2.24, 2.45) is 0 Å². The van der Waals surface area contributed by atoms with Gasteiger partial charge in [0.2, 0.25) is 0 Å². The number of benzene rings is 2. The molecule has 3 heteroatoms. The standard InChI is InChI=1S/C14H12BrFO/c15-12-8-11(14(17)6-3-7-14)13(16)10-5-2-1-4-9(10)12/h1-2,4-5,8,17H,3,6-7H2. The number of hydrogen-bond donors (Lipinski definition) is 1. The molecule has 0 aliphatic heterocycles. The van der Waals surface area contributed by atoms with Gasteiger partial charge in [-0.1, -0.05) is 40.2 Å². The molecule has 0 spiro atoms. The van der Waals surface area contributed by atoms with Gasteiger partial charge in [-0.3, -0.25) is 0 Å². The van der Waals surface area contributed by atoms with Gasteiger partial charge in [-0.05, 0) is 30.7 Å². The first-order chi connectivity index (χ1) is 8.12. The van der Waals surface area contributed by atoms with Gasteiger partial charge in [0.05, 0.1) is 5.60 Å². The van der Waals surface area contributed by atoms with Crippen molar-refractivity contribution in [1.29, 1.82) is 0 Å². The second-order valence-corrected chi connectivity index (χ2v) is 5.50. The molecule has 17 heavy (non-hydrogen) atoms. The highest BCUT2D eigenvalue weighted by molar-refractivity contribution is 9.10. The summed E-state index contributed by atoms with van der Waals surface area (Å²) in [5.41, 5.74) is -0.536. The first-order valence-electron chi connectivity index (χ1n) is 5.71. The Morgan fingerprint density at radius 3 is 2.41 bits per heavy atom. The Hall–Kier alpha value is -0.930. The maximum absolute atomic E-state index is 14.4. The molecule has 0 heterocycles. The van der Waals surface area contributed by atoms with E-state index in [1.165, 1.54) is 0 Å². The monoisotopic (exact) mass is 294 g/mol. The lowest BCUT2D eigenvalue weighted by Gasteiger charge is -2.37. The van der Waals surface area contributed by atoms with Crippen LogP contribution in [0, 0.1) is 5.82 Å². The summed E-state index contributed by atoms with van der Waals surface area (Å²) in [5, 5.41) is 11.7. The summed E-state index contributed by atoms with van der Waals surface area (Å²) in [6, 6.07) is 9.03. The van der Waals surface area contributed by atoms with Gasteiger partial charge in [-0.15, -0.1) is 0 Å². The van der Waals surface area contributed by atoms with Crippen LogP contribution in [0.2, 0.25) is 0 Å². The molecule has 0 amide bonds. The van der Waals surface area contributed by atoms with Crippen molar-refractivity contribution in [3.05, 3.63) is 46.2 Å². The molecule has 0 atom stereocenters. The van der Waals surface area contributed by atoms with Crippen molar-refractivity contribution in [1.82, 2.24) is 0 Å². The fourth-order valence-electron chi connectivity index (χ4n) is 2.42. The molecule has 1 nitrogen and oxygen atoms in total. The first-order valence-corrected chi connectivity index (χ1v) is 6.51. The molecule has 1 aliphatic carbocycles. The van der Waals surface area contributed by atoms with Crippen molar-refractivity contribution in [2.75, 3.05) is 0 Å². The average Bonchev–Trinajstić information content (AvgIpc) is 2.31. The van der Waals surface area contributed by atoms with Crippen LogP contribution < -0.4 is 0 Å². The number of fused-ring (bicyclic) bond motifs is 1. The predicted octanol–water partition coefficient (Wildman–Crippen LogP) is 4.11. The molecular formula is C14H12BrFO. The van der Waals surface area contributed by atoms with E-state index in [4.69, 9.17) is 0 Å². The Morgan fingerprint density at radius 1 is 1.18 bits per heavy atom. The summed E-state index contributed by atoms with van der Waals surface area (Å²) < 4.78 is 15.2. The number of hydrogen-bond acceptors (Lipinski definition) is 1. The minimum atomic E-state index is -0.962. The van der Waals surface area contributed by atoms with E-state index in [0.717, 1.165) is 16.3 Å². The maximum Gasteiger partial charge on any atom is 0.137 e. The topological polar surface area (TPSA) is 20.2 Å². The quantitative estimate of drug-likeness (QED) is 0.839. The lowest BCUT2D eigenvalue weighted by molar-refractivity contribution is -0.0414. The van der Waals surface area contributed by atoms with Gasteiger partial charge >= 0.3 is 0 Å². The maximum atomic E-state index is 14.4. The molecule has 1 fully saturated rings. The SMILES string of the molecule is OC1(c2cc(Br)c3ccccc3c2F)CCC1. The van der Waals surface area contributed by atoms with E-state index in [0.29, 0.717) is 23.8 Å². The van der Waals surface area contributed by atoms with Crippen molar-refractivity contribution in [3.8, 4) is 0 Å². The van der Waals surface area contributed by atoms with Crippen LogP contribution >= 0.6 is 15.9 Å². The number of rotatable bonds is 1. The normalized spacial score (nSPS) is 18.1. The number of halogens is 2. The van der Waals surface area contributed by atoms with E-state index in [-0.39, 0.29) is 5.82 Å². The second kappa shape index (κ2) is 3.79. The van der Waals surface area contributed by atoms with Gasteiger partial charge in [0.1, 0.15) is 5.82 Å². The third-order valence-corrected chi connectivity index (χ3v) is 4.27. The summed E-state index contributed by atoms with van der Waals surface area (Å²) in [6.07, 6.45) is 2.25. The van der Waals surface area contributed by atoms with Crippen LogP contribution in [0.4, 0.5) is 4.39 Å². The van der Waals surface area contributed by atoms with Crippen LogP contribution in [0.3, 0.4) is 0 Å². The molecule has 3 rings (SSSR count). The Morgan fingerprint density at radius 2 is 1.82 bits per heavy atom. The Labute approximate surface area is 107 Å². The van der Waals surface area contributed by atoms with Gasteiger partial charge in [-0.25, -0.2) is 4.39 Å². The smallest absolute Gasteiger partial charge is 0.137 e. The molecule has 0 saturated heterocycles. The first kappa shape index (κ1) is 11.2. The fraction of sp³-hybridized carbons (Fsp3) is 0.286. The van der Waals surface area contributed by atoms with Crippen LogP contribution in [0.15, 0.2) is 34.8 Å². The summed E-state index contributed by atoms with van der Waals surface area (Å²) in [7, 11) is 0. The molecule has 1 saturated carbocycles. The van der Waals surface area contributed by atoms with Crippen molar-refractivity contribution < 1.29 is 9.50 Å². The molecule has 0 unspecified atom stereocenters. The largest absolute Gasteiger partial charge is 0.385 e. The van der Waals surface area contributed by atoms with Crippen molar-refractivity contribution in [2.45, 2.75) is 24.9 Å². The van der Waals surface area contributed by atoms with E-state index in [2.05, 4.69) is 15.9 Å². The Kier molecular flexibility index (Phi) is 2.49. The highest BCUT2D eigenvalue weighted by Crippen LogP contribution is 2.44. The van der Waals surface area contributed by atoms with Crippen molar-refractivity contribution in [3.63, 3.8) is 0 Å². The van der Waals surface area contributed by atoms with Crippen LogP contribution in [0.5, 0.6) is 0 Å². The van der Waals surface area contributed by atoms with Crippen LogP contribution in [-0.4, -0.2) is 5.11 Å². The van der Waals surface area contributed by atoms with Gasteiger partial charge in [-0.2, -0.15) is 0 Å². The van der Waals surface area contributed by atoms with E-state index >= 15 is 0 Å². The number of aliphatic hydroxyl groups is 1. The second-order valence-electron chi connectivity index (χ2n) is 4.65. The van der Waals surface area contributed by atoms with Gasteiger partial charge in [0.15, 0.2) is 0 Å². The third-order valence-electron chi connectivity index (χ3n) is 3.61. The Bertz CT molecular complexity index is 590. The minimum absolute atomic E-state index is 0.286. The van der Waals surface area contributed by atoms with E-state index in [1.807, 2.05) is 18.2 Å². The summed E-state index contributed by atoms with van der Waals surface area (Å²) >= 11 is 3.45. The highest BCUT2D eigenvalue weighted by Gasteiger charge is 2.39. The highest BCUT2D eigenvalue weighted by atomic mass is 79.9.